The first-order valence-corrected chi connectivity index (χ1v) is 8.71. The van der Waals surface area contributed by atoms with E-state index in [0.717, 1.165) is 12.8 Å². The van der Waals surface area contributed by atoms with Crippen molar-refractivity contribution in [2.24, 2.45) is 0 Å². The maximum Gasteiger partial charge on any atom is 0.243 e. The lowest BCUT2D eigenvalue weighted by Gasteiger charge is -2.21. The minimum Gasteiger partial charge on any atom is -0.496 e. The molecule has 0 aromatic heterocycles. The molecule has 4 nitrogen and oxygen atoms in total. The SMILES string of the molecule is CCCCN(CC)S(=O)(=O)c1ccc(OC)c(CCl)c1. The van der Waals surface area contributed by atoms with Gasteiger partial charge >= 0.3 is 0 Å². The van der Waals surface area contributed by atoms with Crippen molar-refractivity contribution in [2.75, 3.05) is 20.2 Å². The van der Waals surface area contributed by atoms with Gasteiger partial charge in [-0.25, -0.2) is 8.42 Å². The Morgan fingerprint density at radius 3 is 2.50 bits per heavy atom. The van der Waals surface area contributed by atoms with E-state index in [0.29, 0.717) is 24.4 Å². The molecule has 0 heterocycles. The Bertz CT molecular complexity index is 531. The van der Waals surface area contributed by atoms with Crippen molar-refractivity contribution in [2.45, 2.75) is 37.5 Å². The monoisotopic (exact) mass is 319 g/mol. The quantitative estimate of drug-likeness (QED) is 0.691. The van der Waals surface area contributed by atoms with Crippen LogP contribution in [0.2, 0.25) is 0 Å². The third kappa shape index (κ3) is 3.87. The molecule has 0 bridgehead atoms. The first-order chi connectivity index (χ1) is 9.51. The average molecular weight is 320 g/mol. The Hall–Kier alpha value is -0.780. The molecule has 0 N–H and O–H groups in total. The van der Waals surface area contributed by atoms with Gasteiger partial charge in [-0.05, 0) is 24.6 Å². The van der Waals surface area contributed by atoms with Crippen LogP contribution in [0.25, 0.3) is 0 Å². The van der Waals surface area contributed by atoms with E-state index in [1.54, 1.807) is 25.3 Å². The van der Waals surface area contributed by atoms with Crippen molar-refractivity contribution in [1.82, 2.24) is 4.31 Å². The number of nitrogens with zero attached hydrogens (tertiary/aromatic N) is 1. The Morgan fingerprint density at radius 1 is 1.30 bits per heavy atom. The molecule has 0 atom stereocenters. The van der Waals surface area contributed by atoms with Crippen LogP contribution in [0.15, 0.2) is 23.1 Å². The summed E-state index contributed by atoms with van der Waals surface area (Å²) >= 11 is 5.84. The van der Waals surface area contributed by atoms with Crippen LogP contribution in [0, 0.1) is 0 Å². The third-order valence-electron chi connectivity index (χ3n) is 3.15. The average Bonchev–Trinajstić information content (AvgIpc) is 2.46. The normalized spacial score (nSPS) is 11.8. The predicted octanol–water partition coefficient (Wildman–Crippen LogP) is 3.24. The number of halogens is 1. The largest absolute Gasteiger partial charge is 0.496 e. The molecule has 1 aromatic carbocycles. The Balaban J connectivity index is 3.13. The molecule has 0 saturated heterocycles. The van der Waals surface area contributed by atoms with Gasteiger partial charge in [-0.1, -0.05) is 20.3 Å². The third-order valence-corrected chi connectivity index (χ3v) is 5.41. The number of unbranched alkanes of at least 4 members (excludes halogenated alkanes) is 1. The van der Waals surface area contributed by atoms with E-state index in [9.17, 15) is 8.42 Å². The second-order valence-corrected chi connectivity index (χ2v) is 6.66. The van der Waals surface area contributed by atoms with Crippen molar-refractivity contribution < 1.29 is 13.2 Å². The molecule has 1 rings (SSSR count). The molecule has 6 heteroatoms. The molecule has 0 aliphatic heterocycles. The van der Waals surface area contributed by atoms with Crippen LogP contribution in [0.3, 0.4) is 0 Å². The van der Waals surface area contributed by atoms with E-state index in [1.807, 2.05) is 13.8 Å². The molecular formula is C14H22ClNO3S. The lowest BCUT2D eigenvalue weighted by Crippen LogP contribution is -2.31. The van der Waals surface area contributed by atoms with Gasteiger partial charge in [0.05, 0.1) is 17.9 Å². The van der Waals surface area contributed by atoms with E-state index in [2.05, 4.69) is 0 Å². The van der Waals surface area contributed by atoms with Gasteiger partial charge in [0.25, 0.3) is 0 Å². The lowest BCUT2D eigenvalue weighted by molar-refractivity contribution is 0.409. The fourth-order valence-electron chi connectivity index (χ4n) is 1.95. The highest BCUT2D eigenvalue weighted by Gasteiger charge is 2.23. The first kappa shape index (κ1) is 17.3. The lowest BCUT2D eigenvalue weighted by atomic mass is 10.2. The number of ether oxygens (including phenoxy) is 1. The summed E-state index contributed by atoms with van der Waals surface area (Å²) in [4.78, 5) is 0.270. The molecule has 0 amide bonds. The number of hydrogen-bond donors (Lipinski definition) is 0. The number of benzene rings is 1. The molecule has 0 fully saturated rings. The van der Waals surface area contributed by atoms with Crippen LogP contribution in [0.1, 0.15) is 32.3 Å². The summed E-state index contributed by atoms with van der Waals surface area (Å²) in [5, 5.41) is 0. The van der Waals surface area contributed by atoms with Gasteiger partial charge in [0, 0.05) is 18.7 Å². The van der Waals surface area contributed by atoms with Crippen LogP contribution >= 0.6 is 11.6 Å². The van der Waals surface area contributed by atoms with Crippen LogP contribution in [0.5, 0.6) is 5.75 Å². The summed E-state index contributed by atoms with van der Waals surface area (Å²) in [7, 11) is -1.92. The van der Waals surface area contributed by atoms with Crippen molar-refractivity contribution in [3.8, 4) is 5.75 Å². The molecule has 0 radical (unpaired) electrons. The number of alkyl halides is 1. The first-order valence-electron chi connectivity index (χ1n) is 6.74. The molecule has 0 saturated carbocycles. The van der Waals surface area contributed by atoms with Crippen molar-refractivity contribution in [3.05, 3.63) is 23.8 Å². The molecule has 1 aromatic rings. The van der Waals surface area contributed by atoms with Gasteiger partial charge in [0.1, 0.15) is 5.75 Å². The van der Waals surface area contributed by atoms with E-state index in [-0.39, 0.29) is 10.8 Å². The topological polar surface area (TPSA) is 46.6 Å². The molecular weight excluding hydrogens is 298 g/mol. The zero-order valence-corrected chi connectivity index (χ0v) is 13.8. The van der Waals surface area contributed by atoms with E-state index < -0.39 is 10.0 Å². The summed E-state index contributed by atoms with van der Waals surface area (Å²) in [6, 6.07) is 4.81. The summed E-state index contributed by atoms with van der Waals surface area (Å²) < 4.78 is 31.8. The maximum atomic E-state index is 12.6. The number of methoxy groups -OCH3 is 1. The summed E-state index contributed by atoms with van der Waals surface area (Å²) in [5.41, 5.74) is 0.682. The highest BCUT2D eigenvalue weighted by molar-refractivity contribution is 7.89. The van der Waals surface area contributed by atoms with E-state index in [1.165, 1.54) is 4.31 Å². The standard InChI is InChI=1S/C14H22ClNO3S/c1-4-6-9-16(5-2)20(17,18)13-7-8-14(19-3)12(10-13)11-15/h7-8,10H,4-6,9,11H2,1-3H3. The minimum absolute atomic E-state index is 0.216. The van der Waals surface area contributed by atoms with E-state index >= 15 is 0 Å². The fraction of sp³-hybridized carbons (Fsp3) is 0.571. The van der Waals surface area contributed by atoms with E-state index in [4.69, 9.17) is 16.3 Å². The Kier molecular flexibility index (Phi) is 6.79. The van der Waals surface area contributed by atoms with Gasteiger partial charge in [-0.2, -0.15) is 4.31 Å². The number of rotatable bonds is 8. The second kappa shape index (κ2) is 7.86. The van der Waals surface area contributed by atoms with Crippen LogP contribution in [0.4, 0.5) is 0 Å². The minimum atomic E-state index is -3.46. The van der Waals surface area contributed by atoms with Crippen molar-refractivity contribution >= 4 is 21.6 Å². The van der Waals surface area contributed by atoms with Crippen LogP contribution in [-0.4, -0.2) is 32.9 Å². The fourth-order valence-corrected chi connectivity index (χ4v) is 3.70. The highest BCUT2D eigenvalue weighted by atomic mass is 35.5. The molecule has 114 valence electrons. The second-order valence-electron chi connectivity index (χ2n) is 4.46. The van der Waals surface area contributed by atoms with Crippen molar-refractivity contribution in [1.29, 1.82) is 0 Å². The van der Waals surface area contributed by atoms with Crippen molar-refractivity contribution in [3.63, 3.8) is 0 Å². The smallest absolute Gasteiger partial charge is 0.243 e. The maximum absolute atomic E-state index is 12.6. The number of hydrogen-bond acceptors (Lipinski definition) is 3. The zero-order valence-electron chi connectivity index (χ0n) is 12.2. The van der Waals surface area contributed by atoms with Crippen LogP contribution < -0.4 is 4.74 Å². The summed E-state index contributed by atoms with van der Waals surface area (Å²) in [6.07, 6.45) is 1.81. The molecule has 0 unspecified atom stereocenters. The van der Waals surface area contributed by atoms with Gasteiger partial charge in [-0.3, -0.25) is 0 Å². The van der Waals surface area contributed by atoms with Gasteiger partial charge in [0.2, 0.25) is 10.0 Å². The number of sulfonamides is 1. The van der Waals surface area contributed by atoms with Gasteiger partial charge in [-0.15, -0.1) is 11.6 Å². The highest BCUT2D eigenvalue weighted by Crippen LogP contribution is 2.25. The predicted molar refractivity (Wildman–Crippen MR) is 81.9 cm³/mol. The summed E-state index contributed by atoms with van der Waals surface area (Å²) in [5.74, 6) is 0.823. The van der Waals surface area contributed by atoms with Crippen LogP contribution in [-0.2, 0) is 15.9 Å². The molecule has 0 aliphatic rings. The summed E-state index contributed by atoms with van der Waals surface area (Å²) in [6.45, 7) is 4.89. The molecule has 0 spiro atoms. The zero-order chi connectivity index (χ0) is 15.2. The van der Waals surface area contributed by atoms with Gasteiger partial charge < -0.3 is 4.74 Å². The Morgan fingerprint density at radius 2 is 2.00 bits per heavy atom. The molecule has 20 heavy (non-hydrogen) atoms. The molecule has 0 aliphatic carbocycles. The van der Waals surface area contributed by atoms with Gasteiger partial charge in [0.15, 0.2) is 0 Å². The Labute approximate surface area is 126 Å².